The predicted octanol–water partition coefficient (Wildman–Crippen LogP) is 2.82. The smallest absolute Gasteiger partial charge is 0.248 e. The highest BCUT2D eigenvalue weighted by molar-refractivity contribution is 8.00. The number of carbonyl (C=O) groups excluding carboxylic acids is 2. The third-order valence-corrected chi connectivity index (χ3v) is 6.09. The van der Waals surface area contributed by atoms with Gasteiger partial charge < -0.3 is 10.6 Å². The molecule has 2 rings (SSSR count). The number of hydrazine groups is 1. The average Bonchev–Trinajstić information content (AvgIpc) is 2.66. The standard InChI is InChI=1S/C19H27FN4O2S2/c1-12-4-3-5-16(13(12)2)22-19(27)24-23-18(26)11-28-10-17(25)21-15-8-6-14(20)7-9-15/h6-9,12-13,16H,3-5,10-11H2,1-2H3,(H,21,25)(H,23,26)(H2,22,24,27)/t12-,13-,16-/m1/s1. The first kappa shape index (κ1) is 22.4. The predicted molar refractivity (Wildman–Crippen MR) is 115 cm³/mol. The number of carbonyl (C=O) groups is 2. The number of halogens is 1. The molecule has 1 aromatic carbocycles. The summed E-state index contributed by atoms with van der Waals surface area (Å²) in [7, 11) is 0. The minimum absolute atomic E-state index is 0.114. The monoisotopic (exact) mass is 426 g/mol. The van der Waals surface area contributed by atoms with E-state index in [0.717, 1.165) is 6.42 Å². The fourth-order valence-electron chi connectivity index (χ4n) is 3.12. The minimum atomic E-state index is -0.364. The summed E-state index contributed by atoms with van der Waals surface area (Å²) >= 11 is 6.42. The van der Waals surface area contributed by atoms with Gasteiger partial charge in [0, 0.05) is 11.7 Å². The van der Waals surface area contributed by atoms with E-state index in [1.165, 1.54) is 48.9 Å². The normalized spacial score (nSPS) is 21.5. The molecule has 0 saturated heterocycles. The van der Waals surface area contributed by atoms with E-state index in [0.29, 0.717) is 28.7 Å². The Labute approximate surface area is 174 Å². The van der Waals surface area contributed by atoms with Crippen molar-refractivity contribution in [2.75, 3.05) is 16.8 Å². The lowest BCUT2D eigenvalue weighted by Gasteiger charge is -2.35. The Kier molecular flexibility index (Phi) is 8.98. The first-order valence-corrected chi connectivity index (χ1v) is 10.9. The van der Waals surface area contributed by atoms with Gasteiger partial charge in [0.05, 0.1) is 11.5 Å². The second kappa shape index (κ2) is 11.2. The van der Waals surface area contributed by atoms with Crippen LogP contribution in [0.1, 0.15) is 33.1 Å². The Bertz CT molecular complexity index is 687. The van der Waals surface area contributed by atoms with Gasteiger partial charge in [-0.15, -0.1) is 11.8 Å². The Hall–Kier alpha value is -1.87. The van der Waals surface area contributed by atoms with Crippen LogP contribution in [0.3, 0.4) is 0 Å². The molecule has 1 fully saturated rings. The highest BCUT2D eigenvalue weighted by Gasteiger charge is 2.27. The van der Waals surface area contributed by atoms with Gasteiger partial charge in [0.2, 0.25) is 11.8 Å². The maximum atomic E-state index is 12.8. The molecule has 3 atom stereocenters. The maximum absolute atomic E-state index is 12.8. The topological polar surface area (TPSA) is 82.3 Å². The van der Waals surface area contributed by atoms with E-state index in [1.54, 1.807) is 0 Å². The number of hydrogen-bond acceptors (Lipinski definition) is 4. The van der Waals surface area contributed by atoms with Crippen LogP contribution in [0, 0.1) is 17.7 Å². The molecule has 4 N–H and O–H groups in total. The van der Waals surface area contributed by atoms with Crippen molar-refractivity contribution >= 4 is 46.6 Å². The van der Waals surface area contributed by atoms with Crippen molar-refractivity contribution in [3.8, 4) is 0 Å². The molecule has 1 aliphatic rings. The van der Waals surface area contributed by atoms with E-state index in [2.05, 4.69) is 35.3 Å². The van der Waals surface area contributed by atoms with Crippen LogP contribution >= 0.6 is 24.0 Å². The van der Waals surface area contributed by atoms with Gasteiger partial charge in [0.15, 0.2) is 5.11 Å². The van der Waals surface area contributed by atoms with Crippen LogP contribution in [-0.2, 0) is 9.59 Å². The largest absolute Gasteiger partial charge is 0.358 e. The number of anilines is 1. The first-order valence-electron chi connectivity index (χ1n) is 9.33. The van der Waals surface area contributed by atoms with Gasteiger partial charge >= 0.3 is 0 Å². The first-order chi connectivity index (χ1) is 13.3. The molecule has 0 heterocycles. The quantitative estimate of drug-likeness (QED) is 0.414. The molecule has 9 heteroatoms. The van der Waals surface area contributed by atoms with Crippen molar-refractivity contribution in [2.45, 2.75) is 39.2 Å². The van der Waals surface area contributed by atoms with E-state index in [-0.39, 0.29) is 29.1 Å². The fraction of sp³-hybridized carbons (Fsp3) is 0.526. The van der Waals surface area contributed by atoms with Crippen LogP contribution in [-0.4, -0.2) is 34.5 Å². The molecule has 1 aliphatic carbocycles. The molecule has 6 nitrogen and oxygen atoms in total. The molecule has 0 aromatic heterocycles. The zero-order valence-electron chi connectivity index (χ0n) is 16.1. The van der Waals surface area contributed by atoms with E-state index >= 15 is 0 Å². The third-order valence-electron chi connectivity index (χ3n) is 4.93. The lowest BCUT2D eigenvalue weighted by molar-refractivity contribution is -0.119. The van der Waals surface area contributed by atoms with Gasteiger partial charge in [-0.2, -0.15) is 0 Å². The van der Waals surface area contributed by atoms with Gasteiger partial charge in [-0.1, -0.05) is 26.7 Å². The second-order valence-corrected chi connectivity index (χ2v) is 8.46. The van der Waals surface area contributed by atoms with Gasteiger partial charge in [0.1, 0.15) is 5.82 Å². The summed E-state index contributed by atoms with van der Waals surface area (Å²) < 4.78 is 12.8. The maximum Gasteiger partial charge on any atom is 0.248 e. The molecular formula is C19H27FN4O2S2. The lowest BCUT2D eigenvalue weighted by Crippen LogP contribution is -2.52. The zero-order chi connectivity index (χ0) is 20.5. The van der Waals surface area contributed by atoms with Crippen molar-refractivity contribution < 1.29 is 14.0 Å². The van der Waals surface area contributed by atoms with Gasteiger partial charge in [-0.3, -0.25) is 20.4 Å². The summed E-state index contributed by atoms with van der Waals surface area (Å²) in [5.41, 5.74) is 5.78. The van der Waals surface area contributed by atoms with Crippen LogP contribution in [0.5, 0.6) is 0 Å². The molecule has 0 unspecified atom stereocenters. The highest BCUT2D eigenvalue weighted by Crippen LogP contribution is 2.29. The number of benzene rings is 1. The number of amides is 2. The minimum Gasteiger partial charge on any atom is -0.358 e. The van der Waals surface area contributed by atoms with Crippen LogP contribution in [0.15, 0.2) is 24.3 Å². The lowest BCUT2D eigenvalue weighted by atomic mass is 9.78. The van der Waals surface area contributed by atoms with Crippen LogP contribution in [0.4, 0.5) is 10.1 Å². The Morgan fingerprint density at radius 2 is 1.79 bits per heavy atom. The number of rotatable bonds is 6. The van der Waals surface area contributed by atoms with Crippen LogP contribution in [0.2, 0.25) is 0 Å². The molecule has 0 bridgehead atoms. The summed E-state index contributed by atoms with van der Waals surface area (Å²) in [6.07, 6.45) is 3.48. The molecule has 1 aromatic rings. The highest BCUT2D eigenvalue weighted by atomic mass is 32.2. The Balaban J connectivity index is 1.59. The summed E-state index contributed by atoms with van der Waals surface area (Å²) in [4.78, 5) is 23.7. The molecule has 0 radical (unpaired) electrons. The molecule has 154 valence electrons. The van der Waals surface area contributed by atoms with Crippen molar-refractivity contribution in [1.29, 1.82) is 0 Å². The molecule has 0 aliphatic heterocycles. The molecular weight excluding hydrogens is 399 g/mol. The van der Waals surface area contributed by atoms with Gasteiger partial charge in [-0.25, -0.2) is 4.39 Å². The van der Waals surface area contributed by atoms with Gasteiger partial charge in [-0.05, 0) is 54.7 Å². The molecule has 28 heavy (non-hydrogen) atoms. The number of thiocarbonyl (C=S) groups is 1. The van der Waals surface area contributed by atoms with Crippen molar-refractivity contribution in [2.24, 2.45) is 11.8 Å². The van der Waals surface area contributed by atoms with E-state index in [4.69, 9.17) is 12.2 Å². The Morgan fingerprint density at radius 3 is 2.50 bits per heavy atom. The summed E-state index contributed by atoms with van der Waals surface area (Å²) in [6, 6.07) is 5.82. The van der Waals surface area contributed by atoms with E-state index < -0.39 is 0 Å². The third kappa shape index (κ3) is 7.63. The van der Waals surface area contributed by atoms with E-state index in [9.17, 15) is 14.0 Å². The zero-order valence-corrected chi connectivity index (χ0v) is 17.7. The molecule has 0 spiro atoms. The van der Waals surface area contributed by atoms with Crippen LogP contribution in [0.25, 0.3) is 0 Å². The average molecular weight is 427 g/mol. The number of nitrogens with one attached hydrogen (secondary N) is 4. The second-order valence-electron chi connectivity index (χ2n) is 7.07. The van der Waals surface area contributed by atoms with Crippen molar-refractivity contribution in [1.82, 2.24) is 16.2 Å². The van der Waals surface area contributed by atoms with Gasteiger partial charge in [0.25, 0.3) is 0 Å². The summed E-state index contributed by atoms with van der Waals surface area (Å²) in [6.45, 7) is 4.47. The molecule has 1 saturated carbocycles. The Morgan fingerprint density at radius 1 is 1.11 bits per heavy atom. The SMILES string of the molecule is C[C@@H]1[C@H](C)CCC[C@H]1NC(=S)NNC(=O)CSCC(=O)Nc1ccc(F)cc1. The van der Waals surface area contributed by atoms with E-state index in [1.807, 2.05) is 0 Å². The van der Waals surface area contributed by atoms with Crippen LogP contribution < -0.4 is 21.5 Å². The summed E-state index contributed by atoms with van der Waals surface area (Å²) in [5, 5.41) is 6.31. The summed E-state index contributed by atoms with van der Waals surface area (Å²) in [5.74, 6) is 0.523. The van der Waals surface area contributed by atoms with Crippen molar-refractivity contribution in [3.63, 3.8) is 0 Å². The number of hydrogen-bond donors (Lipinski definition) is 4. The fourth-order valence-corrected chi connectivity index (χ4v) is 3.94. The number of thioether (sulfide) groups is 1. The van der Waals surface area contributed by atoms with Crippen molar-refractivity contribution in [3.05, 3.63) is 30.1 Å². The molecule has 2 amide bonds.